The predicted octanol–water partition coefficient (Wildman–Crippen LogP) is 2.77. The maximum absolute atomic E-state index is 11.1. The van der Waals surface area contributed by atoms with E-state index < -0.39 is 6.16 Å². The Kier molecular flexibility index (Phi) is 13.6. The molecule has 0 radical (unpaired) electrons. The Bertz CT molecular complexity index is 166. The first-order valence-electron chi connectivity index (χ1n) is 6.76. The molecule has 0 rings (SSSR count). The van der Waals surface area contributed by atoms with E-state index in [1.165, 1.54) is 0 Å². The lowest BCUT2D eigenvalue weighted by Gasteiger charge is -2.06. The zero-order chi connectivity index (χ0) is 13.5. The molecule has 0 aliphatic carbocycles. The summed E-state index contributed by atoms with van der Waals surface area (Å²) in [5.74, 6) is 0. The van der Waals surface area contributed by atoms with Crippen LogP contribution in [-0.4, -0.2) is 45.8 Å². The third kappa shape index (κ3) is 13.3. The monoisotopic (exact) mass is 262 g/mol. The summed E-state index contributed by atoms with van der Waals surface area (Å²) in [5.41, 5.74) is 0. The SMILES string of the molecule is CCOCCCCOC(=O)OCCCCOCC. The smallest absolute Gasteiger partial charge is 0.434 e. The van der Waals surface area contributed by atoms with E-state index in [0.29, 0.717) is 26.4 Å². The summed E-state index contributed by atoms with van der Waals surface area (Å²) in [5, 5.41) is 0. The summed E-state index contributed by atoms with van der Waals surface area (Å²) in [6.07, 6.45) is 2.83. The maximum atomic E-state index is 11.1. The van der Waals surface area contributed by atoms with Crippen LogP contribution in [0.4, 0.5) is 4.79 Å². The normalized spacial score (nSPS) is 10.3. The molecule has 0 saturated carbocycles. The zero-order valence-electron chi connectivity index (χ0n) is 11.6. The van der Waals surface area contributed by atoms with Gasteiger partial charge in [0.25, 0.3) is 0 Å². The molecule has 5 heteroatoms. The van der Waals surface area contributed by atoms with Crippen LogP contribution < -0.4 is 0 Å². The first-order chi connectivity index (χ1) is 8.81. The second-order valence-corrected chi connectivity index (χ2v) is 3.75. The van der Waals surface area contributed by atoms with Crippen LogP contribution in [0.5, 0.6) is 0 Å². The van der Waals surface area contributed by atoms with Gasteiger partial charge in [0.2, 0.25) is 0 Å². The van der Waals surface area contributed by atoms with E-state index in [0.717, 1.165) is 38.9 Å². The van der Waals surface area contributed by atoms with Gasteiger partial charge in [-0.05, 0) is 39.5 Å². The summed E-state index contributed by atoms with van der Waals surface area (Å²) in [6.45, 7) is 7.59. The number of rotatable bonds is 12. The summed E-state index contributed by atoms with van der Waals surface area (Å²) < 4.78 is 20.1. The lowest BCUT2D eigenvalue weighted by atomic mass is 10.3. The second-order valence-electron chi connectivity index (χ2n) is 3.75. The zero-order valence-corrected chi connectivity index (χ0v) is 11.6. The Morgan fingerprint density at radius 2 is 1.11 bits per heavy atom. The van der Waals surface area contributed by atoms with Gasteiger partial charge in [0.15, 0.2) is 0 Å². The summed E-state index contributed by atoms with van der Waals surface area (Å²) >= 11 is 0. The molecule has 0 aromatic carbocycles. The molecule has 0 aromatic rings. The first-order valence-corrected chi connectivity index (χ1v) is 6.76. The van der Waals surface area contributed by atoms with Crippen LogP contribution >= 0.6 is 0 Å². The molecule has 0 aliphatic rings. The topological polar surface area (TPSA) is 54.0 Å². The quantitative estimate of drug-likeness (QED) is 0.400. The van der Waals surface area contributed by atoms with E-state index in [1.807, 2.05) is 13.8 Å². The third-order valence-electron chi connectivity index (χ3n) is 2.21. The van der Waals surface area contributed by atoms with Crippen molar-refractivity contribution >= 4 is 6.16 Å². The third-order valence-corrected chi connectivity index (χ3v) is 2.21. The summed E-state index contributed by atoms with van der Waals surface area (Å²) in [6, 6.07) is 0. The van der Waals surface area contributed by atoms with Crippen molar-refractivity contribution in [2.45, 2.75) is 39.5 Å². The van der Waals surface area contributed by atoms with Crippen molar-refractivity contribution < 1.29 is 23.7 Å². The molecular weight excluding hydrogens is 236 g/mol. The van der Waals surface area contributed by atoms with Crippen LogP contribution in [0.15, 0.2) is 0 Å². The van der Waals surface area contributed by atoms with Gasteiger partial charge in [0.05, 0.1) is 13.2 Å². The number of ether oxygens (including phenoxy) is 4. The molecular formula is C13H26O5. The van der Waals surface area contributed by atoms with Gasteiger partial charge in [-0.1, -0.05) is 0 Å². The van der Waals surface area contributed by atoms with Gasteiger partial charge in [0, 0.05) is 26.4 Å². The molecule has 0 aromatic heterocycles. The van der Waals surface area contributed by atoms with Crippen molar-refractivity contribution in [2.24, 2.45) is 0 Å². The van der Waals surface area contributed by atoms with E-state index in [-0.39, 0.29) is 0 Å². The first kappa shape index (κ1) is 17.2. The lowest BCUT2D eigenvalue weighted by molar-refractivity contribution is 0.0484. The maximum Gasteiger partial charge on any atom is 0.508 e. The lowest BCUT2D eigenvalue weighted by Crippen LogP contribution is -2.10. The largest absolute Gasteiger partial charge is 0.508 e. The number of hydrogen-bond acceptors (Lipinski definition) is 5. The fourth-order valence-corrected chi connectivity index (χ4v) is 1.25. The average molecular weight is 262 g/mol. The summed E-state index contributed by atoms with van der Waals surface area (Å²) in [7, 11) is 0. The van der Waals surface area contributed by atoms with E-state index >= 15 is 0 Å². The molecule has 108 valence electrons. The number of carbonyl (C=O) groups is 1. The second kappa shape index (κ2) is 14.3. The Balaban J connectivity index is 3.12. The molecule has 0 fully saturated rings. The van der Waals surface area contributed by atoms with E-state index in [4.69, 9.17) is 18.9 Å². The van der Waals surface area contributed by atoms with Crippen molar-refractivity contribution in [3.63, 3.8) is 0 Å². The van der Waals surface area contributed by atoms with Gasteiger partial charge in [0.1, 0.15) is 0 Å². The van der Waals surface area contributed by atoms with Crippen molar-refractivity contribution in [3.8, 4) is 0 Å². The van der Waals surface area contributed by atoms with E-state index in [9.17, 15) is 4.79 Å². The van der Waals surface area contributed by atoms with Gasteiger partial charge in [-0.25, -0.2) is 4.79 Å². The fraction of sp³-hybridized carbons (Fsp3) is 0.923. The standard InChI is InChI=1S/C13H26O5/c1-3-15-9-5-7-11-17-13(14)18-12-8-6-10-16-4-2/h3-12H2,1-2H3. The van der Waals surface area contributed by atoms with Crippen LogP contribution in [0.3, 0.4) is 0 Å². The van der Waals surface area contributed by atoms with Gasteiger partial charge >= 0.3 is 6.16 Å². The molecule has 0 atom stereocenters. The Hall–Kier alpha value is -0.810. The molecule has 0 spiro atoms. The molecule has 0 bridgehead atoms. The molecule has 0 saturated heterocycles. The Labute approximate surface area is 110 Å². The van der Waals surface area contributed by atoms with Crippen LogP contribution in [0.1, 0.15) is 39.5 Å². The number of unbranched alkanes of at least 4 members (excludes halogenated alkanes) is 2. The van der Waals surface area contributed by atoms with Crippen LogP contribution in [-0.2, 0) is 18.9 Å². The van der Waals surface area contributed by atoms with E-state index in [2.05, 4.69) is 0 Å². The van der Waals surface area contributed by atoms with E-state index in [1.54, 1.807) is 0 Å². The number of hydrogen-bond donors (Lipinski definition) is 0. The Morgan fingerprint density at radius 3 is 1.50 bits per heavy atom. The molecule has 0 aliphatic heterocycles. The molecule has 0 unspecified atom stereocenters. The van der Waals surface area contributed by atoms with Gasteiger partial charge in [-0.15, -0.1) is 0 Å². The highest BCUT2D eigenvalue weighted by molar-refractivity contribution is 5.59. The molecule has 0 heterocycles. The van der Waals surface area contributed by atoms with Crippen molar-refractivity contribution in [3.05, 3.63) is 0 Å². The number of carbonyl (C=O) groups excluding carboxylic acids is 1. The highest BCUT2D eigenvalue weighted by Gasteiger charge is 2.02. The van der Waals surface area contributed by atoms with Gasteiger partial charge in [-0.2, -0.15) is 0 Å². The average Bonchev–Trinajstić information content (AvgIpc) is 2.38. The molecule has 0 N–H and O–H groups in total. The minimum Gasteiger partial charge on any atom is -0.434 e. The van der Waals surface area contributed by atoms with Crippen molar-refractivity contribution in [1.29, 1.82) is 0 Å². The van der Waals surface area contributed by atoms with Crippen LogP contribution in [0.2, 0.25) is 0 Å². The molecule has 0 amide bonds. The van der Waals surface area contributed by atoms with Gasteiger partial charge < -0.3 is 18.9 Å². The van der Waals surface area contributed by atoms with Crippen molar-refractivity contribution in [1.82, 2.24) is 0 Å². The highest BCUT2D eigenvalue weighted by Crippen LogP contribution is 1.96. The Morgan fingerprint density at radius 1 is 0.722 bits per heavy atom. The van der Waals surface area contributed by atoms with Crippen LogP contribution in [0.25, 0.3) is 0 Å². The fourth-order valence-electron chi connectivity index (χ4n) is 1.25. The minimum absolute atomic E-state index is 0.394. The molecule has 18 heavy (non-hydrogen) atoms. The predicted molar refractivity (Wildman–Crippen MR) is 68.8 cm³/mol. The van der Waals surface area contributed by atoms with Crippen LogP contribution in [0, 0.1) is 0 Å². The van der Waals surface area contributed by atoms with Crippen molar-refractivity contribution in [2.75, 3.05) is 39.6 Å². The summed E-state index contributed by atoms with van der Waals surface area (Å²) in [4.78, 5) is 11.1. The van der Waals surface area contributed by atoms with Gasteiger partial charge in [-0.3, -0.25) is 0 Å². The molecule has 5 nitrogen and oxygen atoms in total. The highest BCUT2D eigenvalue weighted by atomic mass is 16.7. The minimum atomic E-state index is -0.581.